The number of anilines is 1. The molecule has 10 heteroatoms. The van der Waals surface area contributed by atoms with Crippen LogP contribution in [0.25, 0.3) is 0 Å². The molecule has 0 saturated carbocycles. The van der Waals surface area contributed by atoms with Crippen LogP contribution in [-0.4, -0.2) is 47.1 Å². The molecule has 3 N–H and O–H groups in total. The van der Waals surface area contributed by atoms with E-state index in [-0.39, 0.29) is 18.7 Å². The van der Waals surface area contributed by atoms with Crippen molar-refractivity contribution in [2.24, 2.45) is 0 Å². The highest BCUT2D eigenvalue weighted by Crippen LogP contribution is 2.28. The van der Waals surface area contributed by atoms with Gasteiger partial charge in [0.15, 0.2) is 4.34 Å². The van der Waals surface area contributed by atoms with Crippen LogP contribution in [0.3, 0.4) is 0 Å². The van der Waals surface area contributed by atoms with Gasteiger partial charge in [-0.05, 0) is 13.3 Å². The van der Waals surface area contributed by atoms with Crippen molar-refractivity contribution in [3.05, 3.63) is 23.9 Å². The van der Waals surface area contributed by atoms with Crippen LogP contribution in [-0.2, 0) is 9.53 Å². The Morgan fingerprint density at radius 1 is 1.48 bits per heavy atom. The summed E-state index contributed by atoms with van der Waals surface area (Å²) >= 11 is 2.81. The summed E-state index contributed by atoms with van der Waals surface area (Å²) in [5.74, 6) is -0.0169. The number of urea groups is 1. The van der Waals surface area contributed by atoms with Crippen LogP contribution in [0.4, 0.5) is 9.93 Å². The molecule has 1 aliphatic heterocycles. The van der Waals surface area contributed by atoms with Crippen molar-refractivity contribution in [2.45, 2.75) is 30.6 Å². The number of carbonyl (C=O) groups excluding carboxylic acids is 2. The first-order valence-electron chi connectivity index (χ1n) is 7.87. The molecule has 0 spiro atoms. The molecule has 1 aliphatic rings. The molecule has 1 aromatic heterocycles. The molecule has 136 valence electrons. The largest absolute Gasteiger partial charge is 0.463 e. The van der Waals surface area contributed by atoms with Crippen LogP contribution in [0.15, 0.2) is 28.3 Å². The quantitative estimate of drug-likeness (QED) is 0.341. The van der Waals surface area contributed by atoms with Gasteiger partial charge in [-0.25, -0.2) is 9.59 Å². The number of thioether (sulfide) groups is 1. The highest BCUT2D eigenvalue weighted by atomic mass is 32.2. The third-order valence-corrected chi connectivity index (χ3v) is 5.33. The van der Waals surface area contributed by atoms with E-state index in [1.165, 1.54) is 23.1 Å². The predicted octanol–water partition coefficient (Wildman–Crippen LogP) is 2.14. The van der Waals surface area contributed by atoms with E-state index in [2.05, 4.69) is 32.7 Å². The lowest BCUT2D eigenvalue weighted by Gasteiger charge is -2.28. The van der Waals surface area contributed by atoms with Crippen molar-refractivity contribution in [1.29, 1.82) is 0 Å². The van der Waals surface area contributed by atoms with Crippen molar-refractivity contribution < 1.29 is 14.3 Å². The summed E-state index contributed by atoms with van der Waals surface area (Å²) < 4.78 is 5.88. The Labute approximate surface area is 154 Å². The lowest BCUT2D eigenvalue weighted by atomic mass is 10.0. The van der Waals surface area contributed by atoms with Gasteiger partial charge in [-0.2, -0.15) is 0 Å². The maximum absolute atomic E-state index is 12.3. The molecule has 0 radical (unpaired) electrons. The lowest BCUT2D eigenvalue weighted by molar-refractivity contribution is -0.139. The lowest BCUT2D eigenvalue weighted by Crippen LogP contribution is -2.50. The topological polar surface area (TPSA) is 105 Å². The number of carbonyl (C=O) groups is 2. The van der Waals surface area contributed by atoms with Crippen molar-refractivity contribution in [1.82, 2.24) is 20.8 Å². The number of hydrogen-bond acceptors (Lipinski definition) is 8. The molecular weight excluding hydrogens is 362 g/mol. The Hall–Kier alpha value is -2.07. The fraction of sp³-hybridized carbons (Fsp3) is 0.467. The SMILES string of the molecule is C=CCNc1nnc(SCC2=C(C(=O)OCC)[C@H](CC)NC(=O)N2)s1. The fourth-order valence-electron chi connectivity index (χ4n) is 2.21. The number of rotatable bonds is 9. The Balaban J connectivity index is 2.13. The summed E-state index contributed by atoms with van der Waals surface area (Å²) in [4.78, 5) is 24.1. The zero-order chi connectivity index (χ0) is 18.2. The average Bonchev–Trinajstić information content (AvgIpc) is 3.05. The summed E-state index contributed by atoms with van der Waals surface area (Å²) in [6.07, 6.45) is 2.34. The smallest absolute Gasteiger partial charge is 0.337 e. The van der Waals surface area contributed by atoms with Crippen LogP contribution in [0.5, 0.6) is 0 Å². The van der Waals surface area contributed by atoms with Gasteiger partial charge in [0.1, 0.15) is 0 Å². The number of esters is 1. The van der Waals surface area contributed by atoms with Crippen LogP contribution < -0.4 is 16.0 Å². The molecule has 0 saturated heterocycles. The van der Waals surface area contributed by atoms with Gasteiger partial charge in [0.25, 0.3) is 0 Å². The molecule has 0 bridgehead atoms. The molecule has 25 heavy (non-hydrogen) atoms. The van der Waals surface area contributed by atoms with Gasteiger partial charge in [-0.3, -0.25) is 0 Å². The van der Waals surface area contributed by atoms with Gasteiger partial charge in [-0.1, -0.05) is 36.1 Å². The van der Waals surface area contributed by atoms with Crippen LogP contribution in [0, 0.1) is 0 Å². The third kappa shape index (κ3) is 5.20. The molecule has 2 amide bonds. The average molecular weight is 383 g/mol. The Morgan fingerprint density at radius 3 is 2.96 bits per heavy atom. The van der Waals surface area contributed by atoms with Crippen molar-refractivity contribution in [3.8, 4) is 0 Å². The number of amides is 2. The molecule has 2 heterocycles. The normalized spacial score (nSPS) is 16.9. The molecule has 0 unspecified atom stereocenters. The fourth-order valence-corrected chi connectivity index (χ4v) is 3.94. The van der Waals surface area contributed by atoms with E-state index in [0.717, 1.165) is 4.34 Å². The Morgan fingerprint density at radius 2 is 2.28 bits per heavy atom. The second kappa shape index (κ2) is 9.42. The molecule has 0 fully saturated rings. The van der Waals surface area contributed by atoms with Crippen molar-refractivity contribution >= 4 is 40.2 Å². The van der Waals surface area contributed by atoms with E-state index in [0.29, 0.717) is 35.1 Å². The van der Waals surface area contributed by atoms with Crippen molar-refractivity contribution in [3.63, 3.8) is 0 Å². The van der Waals surface area contributed by atoms with E-state index >= 15 is 0 Å². The zero-order valence-electron chi connectivity index (χ0n) is 14.1. The first kappa shape index (κ1) is 19.3. The monoisotopic (exact) mass is 383 g/mol. The molecule has 2 rings (SSSR count). The summed E-state index contributed by atoms with van der Waals surface area (Å²) in [6.45, 7) is 8.18. The molecule has 1 aromatic rings. The van der Waals surface area contributed by atoms with Gasteiger partial charge in [0.2, 0.25) is 5.13 Å². The minimum absolute atomic E-state index is 0.280. The van der Waals surface area contributed by atoms with E-state index in [1.807, 2.05) is 6.92 Å². The van der Waals surface area contributed by atoms with Gasteiger partial charge in [0.05, 0.1) is 18.2 Å². The molecule has 8 nitrogen and oxygen atoms in total. The molecule has 1 atom stereocenters. The Bertz CT molecular complexity index is 674. The Kier molecular flexibility index (Phi) is 7.26. The number of hydrogen-bond donors (Lipinski definition) is 3. The number of ether oxygens (including phenoxy) is 1. The zero-order valence-corrected chi connectivity index (χ0v) is 15.8. The third-order valence-electron chi connectivity index (χ3n) is 3.29. The van der Waals surface area contributed by atoms with Gasteiger partial charge >= 0.3 is 12.0 Å². The number of nitrogens with one attached hydrogen (secondary N) is 3. The number of nitrogens with zero attached hydrogens (tertiary/aromatic N) is 2. The van der Waals surface area contributed by atoms with Crippen LogP contribution >= 0.6 is 23.1 Å². The summed E-state index contributed by atoms with van der Waals surface area (Å²) in [5.41, 5.74) is 1.01. The minimum atomic E-state index is -0.414. The highest BCUT2D eigenvalue weighted by Gasteiger charge is 2.31. The first-order chi connectivity index (χ1) is 12.1. The number of aromatic nitrogens is 2. The maximum atomic E-state index is 12.3. The molecule has 0 aliphatic carbocycles. The summed E-state index contributed by atoms with van der Waals surface area (Å²) in [5, 5.41) is 17.3. The van der Waals surface area contributed by atoms with Crippen LogP contribution in [0.1, 0.15) is 20.3 Å². The van der Waals surface area contributed by atoms with Crippen LogP contribution in [0.2, 0.25) is 0 Å². The molecule has 0 aromatic carbocycles. The highest BCUT2D eigenvalue weighted by molar-refractivity contribution is 8.01. The van der Waals surface area contributed by atoms with Gasteiger partial charge in [-0.15, -0.1) is 16.8 Å². The summed E-state index contributed by atoms with van der Waals surface area (Å²) in [6, 6.07) is -0.677. The minimum Gasteiger partial charge on any atom is -0.463 e. The second-order valence-corrected chi connectivity index (χ2v) is 7.20. The predicted molar refractivity (Wildman–Crippen MR) is 98.7 cm³/mol. The van der Waals surface area contributed by atoms with E-state index < -0.39 is 5.97 Å². The van der Waals surface area contributed by atoms with Gasteiger partial charge in [0, 0.05) is 18.0 Å². The standard InChI is InChI=1S/C15H21N5O3S2/c1-4-7-16-14-19-20-15(25-14)24-8-10-11(12(21)23-6-3)9(5-2)17-13(22)18-10/h4,9H,1,5-8H2,2-3H3,(H,16,19)(H2,17,18,22)/t9-/m0/s1. The first-order valence-corrected chi connectivity index (χ1v) is 9.67. The van der Waals surface area contributed by atoms with E-state index in [9.17, 15) is 9.59 Å². The molecular formula is C15H21N5O3S2. The maximum Gasteiger partial charge on any atom is 0.337 e. The van der Waals surface area contributed by atoms with E-state index in [4.69, 9.17) is 4.74 Å². The van der Waals surface area contributed by atoms with Gasteiger partial charge < -0.3 is 20.7 Å². The van der Waals surface area contributed by atoms with E-state index in [1.54, 1.807) is 13.0 Å². The second-order valence-electron chi connectivity index (χ2n) is 5.00. The summed E-state index contributed by atoms with van der Waals surface area (Å²) in [7, 11) is 0. The van der Waals surface area contributed by atoms with Crippen molar-refractivity contribution in [2.75, 3.05) is 24.2 Å².